The van der Waals surface area contributed by atoms with Crippen molar-refractivity contribution >= 4 is 11.8 Å². The molecule has 4 heteroatoms. The van der Waals surface area contributed by atoms with E-state index in [1.54, 1.807) is 0 Å². The number of rotatable bonds is 6. The fourth-order valence-corrected chi connectivity index (χ4v) is 2.80. The Morgan fingerprint density at radius 1 is 1.10 bits per heavy atom. The van der Waals surface area contributed by atoms with Crippen LogP contribution >= 0.6 is 11.8 Å². The summed E-state index contributed by atoms with van der Waals surface area (Å²) in [6, 6.07) is 12.4. The predicted octanol–water partition coefficient (Wildman–Crippen LogP) is 3.50. The van der Waals surface area contributed by atoms with Crippen molar-refractivity contribution in [1.82, 2.24) is 14.9 Å². The Morgan fingerprint density at radius 2 is 1.85 bits per heavy atom. The molecule has 0 amide bonds. The second-order valence-electron chi connectivity index (χ2n) is 5.01. The van der Waals surface area contributed by atoms with Crippen LogP contribution in [0.1, 0.15) is 12.2 Å². The number of hydrogen-bond acceptors (Lipinski definition) is 4. The Balaban J connectivity index is 2.05. The summed E-state index contributed by atoms with van der Waals surface area (Å²) >= 11 is 1.81. The first-order chi connectivity index (χ1) is 9.65. The van der Waals surface area contributed by atoms with E-state index in [2.05, 4.69) is 47.2 Å². The second-order valence-corrected chi connectivity index (χ2v) is 6.13. The summed E-state index contributed by atoms with van der Waals surface area (Å²) in [4.78, 5) is 11.3. The number of aryl methyl sites for hydroxylation is 1. The molecule has 0 atom stereocenters. The summed E-state index contributed by atoms with van der Waals surface area (Å²) in [5.41, 5.74) is 2.15. The summed E-state index contributed by atoms with van der Waals surface area (Å²) < 4.78 is 0. The maximum atomic E-state index is 4.53. The van der Waals surface area contributed by atoms with Crippen molar-refractivity contribution in [3.63, 3.8) is 0 Å². The molecule has 2 aromatic rings. The van der Waals surface area contributed by atoms with Gasteiger partial charge in [-0.1, -0.05) is 30.3 Å². The SMILES string of the molecule is Cc1nc(SCCCN(C)C)cc(-c2ccccc2)n1. The van der Waals surface area contributed by atoms with Crippen LogP contribution in [0.25, 0.3) is 11.3 Å². The highest BCUT2D eigenvalue weighted by Gasteiger charge is 2.04. The van der Waals surface area contributed by atoms with Crippen LogP contribution < -0.4 is 0 Å². The zero-order valence-electron chi connectivity index (χ0n) is 12.3. The minimum atomic E-state index is 0.835. The van der Waals surface area contributed by atoms with Gasteiger partial charge in [0.25, 0.3) is 0 Å². The molecular weight excluding hydrogens is 266 g/mol. The van der Waals surface area contributed by atoms with Gasteiger partial charge < -0.3 is 4.90 Å². The van der Waals surface area contributed by atoms with Crippen LogP contribution in [0.3, 0.4) is 0 Å². The highest BCUT2D eigenvalue weighted by atomic mass is 32.2. The fourth-order valence-electron chi connectivity index (χ4n) is 1.93. The van der Waals surface area contributed by atoms with Gasteiger partial charge in [0.2, 0.25) is 0 Å². The second kappa shape index (κ2) is 7.41. The first-order valence-corrected chi connectivity index (χ1v) is 7.82. The van der Waals surface area contributed by atoms with E-state index in [0.717, 1.165) is 34.4 Å². The van der Waals surface area contributed by atoms with Gasteiger partial charge in [0, 0.05) is 11.3 Å². The first-order valence-electron chi connectivity index (χ1n) is 6.84. The van der Waals surface area contributed by atoms with Crippen molar-refractivity contribution in [2.24, 2.45) is 0 Å². The molecule has 0 N–H and O–H groups in total. The van der Waals surface area contributed by atoms with Gasteiger partial charge >= 0.3 is 0 Å². The highest BCUT2D eigenvalue weighted by Crippen LogP contribution is 2.23. The Labute approximate surface area is 125 Å². The standard InChI is InChI=1S/C16H21N3S/c1-13-17-15(14-8-5-4-6-9-14)12-16(18-13)20-11-7-10-19(2)3/h4-6,8-9,12H,7,10-11H2,1-3H3. The smallest absolute Gasteiger partial charge is 0.127 e. The van der Waals surface area contributed by atoms with E-state index in [0.29, 0.717) is 0 Å². The molecule has 1 aromatic heterocycles. The predicted molar refractivity (Wildman–Crippen MR) is 86.1 cm³/mol. The van der Waals surface area contributed by atoms with Crippen molar-refractivity contribution in [3.8, 4) is 11.3 Å². The van der Waals surface area contributed by atoms with Crippen LogP contribution in [0.5, 0.6) is 0 Å². The number of thioether (sulfide) groups is 1. The summed E-state index contributed by atoms with van der Waals surface area (Å²) in [6.07, 6.45) is 1.17. The number of nitrogens with zero attached hydrogens (tertiary/aromatic N) is 3. The van der Waals surface area contributed by atoms with Gasteiger partial charge in [-0.05, 0) is 40.1 Å². The van der Waals surface area contributed by atoms with E-state index in [4.69, 9.17) is 0 Å². The molecule has 0 saturated heterocycles. The van der Waals surface area contributed by atoms with Gasteiger partial charge in [-0.3, -0.25) is 0 Å². The minimum absolute atomic E-state index is 0.835. The number of benzene rings is 1. The largest absolute Gasteiger partial charge is 0.309 e. The van der Waals surface area contributed by atoms with Gasteiger partial charge in [0.05, 0.1) is 5.69 Å². The van der Waals surface area contributed by atoms with E-state index in [1.807, 2.05) is 36.9 Å². The lowest BCUT2D eigenvalue weighted by Crippen LogP contribution is -2.13. The number of hydrogen-bond donors (Lipinski definition) is 0. The first kappa shape index (κ1) is 15.0. The van der Waals surface area contributed by atoms with E-state index < -0.39 is 0 Å². The number of aromatic nitrogens is 2. The van der Waals surface area contributed by atoms with Crippen molar-refractivity contribution in [3.05, 3.63) is 42.2 Å². The Hall–Kier alpha value is -1.39. The Morgan fingerprint density at radius 3 is 2.55 bits per heavy atom. The van der Waals surface area contributed by atoms with Gasteiger partial charge in [0.15, 0.2) is 0 Å². The quantitative estimate of drug-likeness (QED) is 0.462. The molecule has 0 aliphatic carbocycles. The lowest BCUT2D eigenvalue weighted by molar-refractivity contribution is 0.410. The van der Waals surface area contributed by atoms with Gasteiger partial charge in [-0.2, -0.15) is 0 Å². The van der Waals surface area contributed by atoms with Crippen molar-refractivity contribution in [2.45, 2.75) is 18.4 Å². The third-order valence-corrected chi connectivity index (χ3v) is 3.88. The zero-order valence-corrected chi connectivity index (χ0v) is 13.2. The van der Waals surface area contributed by atoms with E-state index in [-0.39, 0.29) is 0 Å². The van der Waals surface area contributed by atoms with E-state index in [1.165, 1.54) is 6.42 Å². The Kier molecular flexibility index (Phi) is 5.56. The van der Waals surface area contributed by atoms with Crippen LogP contribution in [-0.2, 0) is 0 Å². The zero-order chi connectivity index (χ0) is 14.4. The van der Waals surface area contributed by atoms with Crippen molar-refractivity contribution in [2.75, 3.05) is 26.4 Å². The lowest BCUT2D eigenvalue weighted by Gasteiger charge is -2.09. The summed E-state index contributed by atoms with van der Waals surface area (Å²) in [5.74, 6) is 1.92. The van der Waals surface area contributed by atoms with Crippen molar-refractivity contribution in [1.29, 1.82) is 0 Å². The molecule has 0 aliphatic heterocycles. The van der Waals surface area contributed by atoms with Crippen LogP contribution in [0, 0.1) is 6.92 Å². The topological polar surface area (TPSA) is 29.0 Å². The molecule has 0 fully saturated rings. The van der Waals surface area contributed by atoms with Crippen LogP contribution in [-0.4, -0.2) is 41.3 Å². The monoisotopic (exact) mass is 287 g/mol. The molecule has 0 unspecified atom stereocenters. The lowest BCUT2D eigenvalue weighted by atomic mass is 10.1. The average Bonchev–Trinajstić information content (AvgIpc) is 2.44. The maximum absolute atomic E-state index is 4.53. The van der Waals surface area contributed by atoms with E-state index in [9.17, 15) is 0 Å². The maximum Gasteiger partial charge on any atom is 0.127 e. The third kappa shape index (κ3) is 4.62. The molecule has 1 heterocycles. The molecule has 0 bridgehead atoms. The summed E-state index contributed by atoms with van der Waals surface area (Å²) in [5, 5.41) is 1.06. The molecule has 0 radical (unpaired) electrons. The summed E-state index contributed by atoms with van der Waals surface area (Å²) in [7, 11) is 4.21. The molecule has 3 nitrogen and oxygen atoms in total. The van der Waals surface area contributed by atoms with Crippen LogP contribution in [0.2, 0.25) is 0 Å². The third-order valence-electron chi connectivity index (χ3n) is 2.88. The van der Waals surface area contributed by atoms with Crippen LogP contribution in [0.4, 0.5) is 0 Å². The molecule has 0 aliphatic rings. The average molecular weight is 287 g/mol. The fraction of sp³-hybridized carbons (Fsp3) is 0.375. The molecule has 0 spiro atoms. The summed E-state index contributed by atoms with van der Waals surface area (Å²) in [6.45, 7) is 3.07. The van der Waals surface area contributed by atoms with Gasteiger partial charge in [-0.25, -0.2) is 9.97 Å². The molecule has 106 valence electrons. The van der Waals surface area contributed by atoms with Crippen LogP contribution in [0.15, 0.2) is 41.4 Å². The Bertz CT molecular complexity index is 541. The normalized spacial score (nSPS) is 11.0. The molecular formula is C16H21N3S. The molecule has 1 aromatic carbocycles. The van der Waals surface area contributed by atoms with Gasteiger partial charge in [0.1, 0.15) is 10.9 Å². The van der Waals surface area contributed by atoms with Gasteiger partial charge in [-0.15, -0.1) is 11.8 Å². The van der Waals surface area contributed by atoms with Crippen molar-refractivity contribution < 1.29 is 0 Å². The van der Waals surface area contributed by atoms with E-state index >= 15 is 0 Å². The molecule has 2 rings (SSSR count). The molecule has 20 heavy (non-hydrogen) atoms. The minimum Gasteiger partial charge on any atom is -0.309 e. The molecule has 0 saturated carbocycles. The highest BCUT2D eigenvalue weighted by molar-refractivity contribution is 7.99.